The summed E-state index contributed by atoms with van der Waals surface area (Å²) >= 11 is 1.83. The SMILES string of the molecule is COC(=O)c1ccc(CSC(C)C)nc1. The van der Waals surface area contributed by atoms with E-state index in [1.165, 1.54) is 7.11 Å². The van der Waals surface area contributed by atoms with Gasteiger partial charge in [-0.2, -0.15) is 11.8 Å². The molecule has 0 aliphatic carbocycles. The van der Waals surface area contributed by atoms with Crippen LogP contribution >= 0.6 is 11.8 Å². The van der Waals surface area contributed by atoms with E-state index >= 15 is 0 Å². The molecule has 0 N–H and O–H groups in total. The quantitative estimate of drug-likeness (QED) is 0.738. The van der Waals surface area contributed by atoms with E-state index in [2.05, 4.69) is 23.6 Å². The zero-order valence-corrected chi connectivity index (χ0v) is 10.0. The van der Waals surface area contributed by atoms with E-state index < -0.39 is 0 Å². The predicted molar refractivity (Wildman–Crippen MR) is 62.0 cm³/mol. The second-order valence-corrected chi connectivity index (χ2v) is 4.95. The third-order valence-electron chi connectivity index (χ3n) is 1.81. The van der Waals surface area contributed by atoms with Crippen LogP contribution in [0, 0.1) is 0 Å². The number of hydrogen-bond donors (Lipinski definition) is 0. The van der Waals surface area contributed by atoms with Crippen LogP contribution in [-0.4, -0.2) is 23.3 Å². The van der Waals surface area contributed by atoms with Crippen LogP contribution in [-0.2, 0) is 10.5 Å². The first-order valence-corrected chi connectivity index (χ1v) is 5.83. The van der Waals surface area contributed by atoms with Gasteiger partial charge in [0.2, 0.25) is 0 Å². The van der Waals surface area contributed by atoms with E-state index in [1.807, 2.05) is 17.8 Å². The van der Waals surface area contributed by atoms with Gasteiger partial charge in [0.05, 0.1) is 18.4 Å². The van der Waals surface area contributed by atoms with Crippen molar-refractivity contribution in [2.24, 2.45) is 0 Å². The second kappa shape index (κ2) is 5.75. The molecule has 0 saturated carbocycles. The van der Waals surface area contributed by atoms with Crippen molar-refractivity contribution >= 4 is 17.7 Å². The number of esters is 1. The summed E-state index contributed by atoms with van der Waals surface area (Å²) in [5, 5.41) is 0.590. The van der Waals surface area contributed by atoms with Gasteiger partial charge in [-0.3, -0.25) is 4.98 Å². The van der Waals surface area contributed by atoms with E-state index in [9.17, 15) is 4.79 Å². The van der Waals surface area contributed by atoms with Crippen LogP contribution in [0.3, 0.4) is 0 Å². The van der Waals surface area contributed by atoms with E-state index in [0.29, 0.717) is 10.8 Å². The van der Waals surface area contributed by atoms with Gasteiger partial charge in [0, 0.05) is 11.9 Å². The summed E-state index contributed by atoms with van der Waals surface area (Å²) in [6.45, 7) is 4.29. The highest BCUT2D eigenvalue weighted by molar-refractivity contribution is 7.99. The molecule has 4 heteroatoms. The summed E-state index contributed by atoms with van der Waals surface area (Å²) in [7, 11) is 1.37. The van der Waals surface area contributed by atoms with Crippen LogP contribution in [0.2, 0.25) is 0 Å². The lowest BCUT2D eigenvalue weighted by Crippen LogP contribution is -2.02. The minimum Gasteiger partial charge on any atom is -0.465 e. The molecule has 1 rings (SSSR count). The molecule has 0 bridgehead atoms. The lowest BCUT2D eigenvalue weighted by Gasteiger charge is -2.04. The number of carbonyl (C=O) groups is 1. The van der Waals surface area contributed by atoms with Crippen molar-refractivity contribution in [1.29, 1.82) is 0 Å². The highest BCUT2D eigenvalue weighted by Gasteiger charge is 2.05. The minimum absolute atomic E-state index is 0.342. The summed E-state index contributed by atoms with van der Waals surface area (Å²) in [5.41, 5.74) is 1.48. The van der Waals surface area contributed by atoms with Gasteiger partial charge in [-0.15, -0.1) is 0 Å². The van der Waals surface area contributed by atoms with Gasteiger partial charge < -0.3 is 4.74 Å². The highest BCUT2D eigenvalue weighted by atomic mass is 32.2. The first-order chi connectivity index (χ1) is 7.13. The Morgan fingerprint density at radius 2 is 2.27 bits per heavy atom. The molecule has 0 amide bonds. The fraction of sp³-hybridized carbons (Fsp3) is 0.455. The minimum atomic E-state index is -0.342. The molecule has 0 unspecified atom stereocenters. The van der Waals surface area contributed by atoms with E-state index in [1.54, 1.807) is 12.3 Å². The van der Waals surface area contributed by atoms with Crippen molar-refractivity contribution in [1.82, 2.24) is 4.98 Å². The molecule has 82 valence electrons. The Kier molecular flexibility index (Phi) is 4.62. The molecule has 0 saturated heterocycles. The normalized spacial score (nSPS) is 10.4. The molecule has 0 aliphatic heterocycles. The second-order valence-electron chi connectivity index (χ2n) is 3.39. The lowest BCUT2D eigenvalue weighted by atomic mass is 10.2. The molecule has 15 heavy (non-hydrogen) atoms. The Balaban J connectivity index is 2.60. The van der Waals surface area contributed by atoms with Gasteiger partial charge in [0.1, 0.15) is 0 Å². The van der Waals surface area contributed by atoms with Crippen LogP contribution in [0.25, 0.3) is 0 Å². The molecule has 0 radical (unpaired) electrons. The zero-order chi connectivity index (χ0) is 11.3. The third kappa shape index (κ3) is 3.91. The Morgan fingerprint density at radius 1 is 1.53 bits per heavy atom. The Bertz CT molecular complexity index is 322. The van der Waals surface area contributed by atoms with Crippen molar-refractivity contribution in [3.05, 3.63) is 29.6 Å². The monoisotopic (exact) mass is 225 g/mol. The molecule has 1 aromatic heterocycles. The molecular formula is C11H15NO2S. The highest BCUT2D eigenvalue weighted by Crippen LogP contribution is 2.15. The van der Waals surface area contributed by atoms with Gasteiger partial charge in [-0.1, -0.05) is 13.8 Å². The van der Waals surface area contributed by atoms with Crippen LogP contribution < -0.4 is 0 Å². The fourth-order valence-corrected chi connectivity index (χ4v) is 1.68. The van der Waals surface area contributed by atoms with Crippen molar-refractivity contribution in [3.63, 3.8) is 0 Å². The van der Waals surface area contributed by atoms with Crippen molar-refractivity contribution in [2.45, 2.75) is 24.9 Å². The predicted octanol–water partition coefficient (Wildman–Crippen LogP) is 2.51. The number of methoxy groups -OCH3 is 1. The lowest BCUT2D eigenvalue weighted by molar-refractivity contribution is 0.0600. The van der Waals surface area contributed by atoms with Gasteiger partial charge in [-0.05, 0) is 17.4 Å². The van der Waals surface area contributed by atoms with Crippen LogP contribution in [0.15, 0.2) is 18.3 Å². The summed E-state index contributed by atoms with van der Waals surface area (Å²) in [4.78, 5) is 15.3. The largest absolute Gasteiger partial charge is 0.465 e. The van der Waals surface area contributed by atoms with E-state index in [-0.39, 0.29) is 5.97 Å². The van der Waals surface area contributed by atoms with Gasteiger partial charge >= 0.3 is 5.97 Å². The Hall–Kier alpha value is -1.03. The van der Waals surface area contributed by atoms with Crippen molar-refractivity contribution < 1.29 is 9.53 Å². The summed E-state index contributed by atoms with van der Waals surface area (Å²) in [6.07, 6.45) is 1.56. The summed E-state index contributed by atoms with van der Waals surface area (Å²) in [5.74, 6) is 0.532. The summed E-state index contributed by atoms with van der Waals surface area (Å²) in [6, 6.07) is 3.61. The maximum absolute atomic E-state index is 11.1. The third-order valence-corrected chi connectivity index (χ3v) is 2.94. The van der Waals surface area contributed by atoms with Gasteiger partial charge in [-0.25, -0.2) is 4.79 Å². The number of ether oxygens (including phenoxy) is 1. The molecule has 1 heterocycles. The first-order valence-electron chi connectivity index (χ1n) is 4.78. The molecule has 0 spiro atoms. The van der Waals surface area contributed by atoms with Crippen molar-refractivity contribution in [3.8, 4) is 0 Å². The Labute approximate surface area is 94.2 Å². The standard InChI is InChI=1S/C11H15NO2S/c1-8(2)15-7-10-5-4-9(6-12-10)11(13)14-3/h4-6,8H,7H2,1-3H3. The number of carbonyl (C=O) groups excluding carboxylic acids is 1. The number of rotatable bonds is 4. The maximum Gasteiger partial charge on any atom is 0.339 e. The first kappa shape index (κ1) is 12.0. The molecule has 0 aromatic carbocycles. The molecule has 0 atom stereocenters. The van der Waals surface area contributed by atoms with E-state index in [4.69, 9.17) is 0 Å². The topological polar surface area (TPSA) is 39.2 Å². The van der Waals surface area contributed by atoms with Gasteiger partial charge in [0.25, 0.3) is 0 Å². The summed E-state index contributed by atoms with van der Waals surface area (Å²) < 4.78 is 4.59. The number of hydrogen-bond acceptors (Lipinski definition) is 4. The molecular weight excluding hydrogens is 210 g/mol. The maximum atomic E-state index is 11.1. The zero-order valence-electron chi connectivity index (χ0n) is 9.19. The number of pyridine rings is 1. The van der Waals surface area contributed by atoms with Crippen LogP contribution in [0.1, 0.15) is 29.9 Å². The van der Waals surface area contributed by atoms with Crippen molar-refractivity contribution in [2.75, 3.05) is 7.11 Å². The van der Waals surface area contributed by atoms with Gasteiger partial charge in [0.15, 0.2) is 0 Å². The average Bonchev–Trinajstić information content (AvgIpc) is 2.26. The Morgan fingerprint density at radius 3 is 2.73 bits per heavy atom. The fourth-order valence-electron chi connectivity index (χ4n) is 1.00. The number of thioether (sulfide) groups is 1. The van der Waals surface area contributed by atoms with Crippen LogP contribution in [0.5, 0.6) is 0 Å². The average molecular weight is 225 g/mol. The number of aromatic nitrogens is 1. The van der Waals surface area contributed by atoms with E-state index in [0.717, 1.165) is 11.4 Å². The molecule has 0 fully saturated rings. The molecule has 0 aliphatic rings. The smallest absolute Gasteiger partial charge is 0.339 e. The van der Waals surface area contributed by atoms with Crippen LogP contribution in [0.4, 0.5) is 0 Å². The molecule has 3 nitrogen and oxygen atoms in total. The number of nitrogens with zero attached hydrogens (tertiary/aromatic N) is 1. The molecule has 1 aromatic rings.